The highest BCUT2D eigenvalue weighted by molar-refractivity contribution is 7.09. The van der Waals surface area contributed by atoms with Gasteiger partial charge in [-0.1, -0.05) is 36.4 Å². The number of benzene rings is 2. The highest BCUT2D eigenvalue weighted by Gasteiger charge is 2.06. The van der Waals surface area contributed by atoms with Crippen LogP contribution in [0, 0.1) is 5.82 Å². The van der Waals surface area contributed by atoms with Crippen molar-refractivity contribution in [3.8, 4) is 11.3 Å². The van der Waals surface area contributed by atoms with E-state index in [0.29, 0.717) is 12.2 Å². The van der Waals surface area contributed by atoms with Crippen LogP contribution in [0.25, 0.3) is 11.3 Å². The fourth-order valence-corrected chi connectivity index (χ4v) is 2.77. The smallest absolute Gasteiger partial charge is 0.319 e. The van der Waals surface area contributed by atoms with E-state index in [1.54, 1.807) is 6.07 Å². The Labute approximate surface area is 137 Å². The average Bonchev–Trinajstić information content (AvgIpc) is 3.03. The summed E-state index contributed by atoms with van der Waals surface area (Å²) in [6, 6.07) is 15.2. The van der Waals surface area contributed by atoms with Crippen molar-refractivity contribution in [2.75, 3.05) is 5.32 Å². The number of thiazole rings is 1. The van der Waals surface area contributed by atoms with Crippen molar-refractivity contribution in [1.29, 1.82) is 0 Å². The van der Waals surface area contributed by atoms with Crippen LogP contribution < -0.4 is 10.6 Å². The lowest BCUT2D eigenvalue weighted by Gasteiger charge is -2.06. The van der Waals surface area contributed by atoms with Gasteiger partial charge in [-0.25, -0.2) is 14.2 Å². The van der Waals surface area contributed by atoms with E-state index in [4.69, 9.17) is 0 Å². The molecule has 1 aromatic heterocycles. The highest BCUT2D eigenvalue weighted by Crippen LogP contribution is 2.21. The molecule has 116 valence electrons. The molecule has 4 nitrogen and oxygen atoms in total. The Morgan fingerprint density at radius 3 is 2.74 bits per heavy atom. The predicted molar refractivity (Wildman–Crippen MR) is 89.8 cm³/mol. The van der Waals surface area contributed by atoms with Crippen molar-refractivity contribution in [1.82, 2.24) is 10.3 Å². The van der Waals surface area contributed by atoms with Crippen molar-refractivity contribution in [3.05, 3.63) is 70.8 Å². The molecule has 2 amide bonds. The molecule has 0 bridgehead atoms. The molecule has 0 saturated heterocycles. The SMILES string of the molecule is O=C(NCc1nc(-c2ccccc2)cs1)Nc1cccc(F)c1. The van der Waals surface area contributed by atoms with E-state index < -0.39 is 11.8 Å². The van der Waals surface area contributed by atoms with Crippen LogP contribution in [0.5, 0.6) is 0 Å². The third kappa shape index (κ3) is 4.14. The molecule has 0 aliphatic carbocycles. The maximum absolute atomic E-state index is 13.1. The van der Waals surface area contributed by atoms with E-state index in [1.807, 2.05) is 35.7 Å². The standard InChI is InChI=1S/C17H14FN3OS/c18-13-7-4-8-14(9-13)20-17(22)19-10-16-21-15(11-23-16)12-5-2-1-3-6-12/h1-9,11H,10H2,(H2,19,20,22). The van der Waals surface area contributed by atoms with Crippen LogP contribution in [0.2, 0.25) is 0 Å². The number of hydrogen-bond donors (Lipinski definition) is 2. The Morgan fingerprint density at radius 1 is 1.13 bits per heavy atom. The van der Waals surface area contributed by atoms with E-state index in [2.05, 4.69) is 15.6 Å². The van der Waals surface area contributed by atoms with Gasteiger partial charge < -0.3 is 10.6 Å². The monoisotopic (exact) mass is 327 g/mol. The van der Waals surface area contributed by atoms with Gasteiger partial charge in [0, 0.05) is 16.6 Å². The normalized spacial score (nSPS) is 10.3. The van der Waals surface area contributed by atoms with Crippen LogP contribution in [0.3, 0.4) is 0 Å². The summed E-state index contributed by atoms with van der Waals surface area (Å²) in [6.07, 6.45) is 0. The van der Waals surface area contributed by atoms with Crippen molar-refractivity contribution >= 4 is 23.1 Å². The molecule has 3 aromatic rings. The molecule has 23 heavy (non-hydrogen) atoms. The van der Waals surface area contributed by atoms with Gasteiger partial charge in [0.1, 0.15) is 10.8 Å². The van der Waals surface area contributed by atoms with Gasteiger partial charge >= 0.3 is 6.03 Å². The van der Waals surface area contributed by atoms with Crippen molar-refractivity contribution in [2.24, 2.45) is 0 Å². The molecule has 0 fully saturated rings. The Morgan fingerprint density at radius 2 is 1.96 bits per heavy atom. The second-order valence-corrected chi connectivity index (χ2v) is 5.75. The van der Waals surface area contributed by atoms with Crippen LogP contribution in [0.1, 0.15) is 5.01 Å². The number of halogens is 1. The first-order valence-corrected chi connectivity index (χ1v) is 7.89. The second kappa shape index (κ2) is 7.02. The second-order valence-electron chi connectivity index (χ2n) is 4.81. The number of anilines is 1. The molecule has 6 heteroatoms. The molecule has 0 unspecified atom stereocenters. The predicted octanol–water partition coefficient (Wildman–Crippen LogP) is 4.27. The first kappa shape index (κ1) is 15.2. The number of carbonyl (C=O) groups is 1. The van der Waals surface area contributed by atoms with Gasteiger partial charge in [0.05, 0.1) is 12.2 Å². The van der Waals surface area contributed by atoms with E-state index in [9.17, 15) is 9.18 Å². The number of hydrogen-bond acceptors (Lipinski definition) is 3. The zero-order chi connectivity index (χ0) is 16.1. The molecule has 0 aliphatic heterocycles. The summed E-state index contributed by atoms with van der Waals surface area (Å²) in [6.45, 7) is 0.318. The lowest BCUT2D eigenvalue weighted by Crippen LogP contribution is -2.28. The van der Waals surface area contributed by atoms with Crippen LogP contribution in [0.4, 0.5) is 14.9 Å². The van der Waals surface area contributed by atoms with Gasteiger partial charge in [-0.05, 0) is 18.2 Å². The molecular weight excluding hydrogens is 313 g/mol. The summed E-state index contributed by atoms with van der Waals surface area (Å²) < 4.78 is 13.1. The van der Waals surface area contributed by atoms with E-state index in [-0.39, 0.29) is 0 Å². The number of carbonyl (C=O) groups excluding carboxylic acids is 1. The number of urea groups is 1. The Kier molecular flexibility index (Phi) is 4.63. The molecule has 0 saturated carbocycles. The van der Waals surface area contributed by atoms with E-state index >= 15 is 0 Å². The first-order chi connectivity index (χ1) is 11.2. The number of nitrogens with one attached hydrogen (secondary N) is 2. The molecule has 2 N–H and O–H groups in total. The minimum absolute atomic E-state index is 0.318. The summed E-state index contributed by atoms with van der Waals surface area (Å²) in [7, 11) is 0. The summed E-state index contributed by atoms with van der Waals surface area (Å²) in [5, 5.41) is 8.04. The quantitative estimate of drug-likeness (QED) is 0.752. The fourth-order valence-electron chi connectivity index (χ4n) is 2.03. The van der Waals surface area contributed by atoms with Gasteiger partial charge in [0.15, 0.2) is 0 Å². The zero-order valence-corrected chi connectivity index (χ0v) is 12.9. The number of amides is 2. The third-order valence-electron chi connectivity index (χ3n) is 3.10. The van der Waals surface area contributed by atoms with E-state index in [0.717, 1.165) is 16.3 Å². The average molecular weight is 327 g/mol. The number of rotatable bonds is 4. The van der Waals surface area contributed by atoms with Gasteiger partial charge in [-0.3, -0.25) is 0 Å². The zero-order valence-electron chi connectivity index (χ0n) is 12.1. The maximum Gasteiger partial charge on any atom is 0.319 e. The molecular formula is C17H14FN3OS. The minimum atomic E-state index is -0.396. The van der Waals surface area contributed by atoms with Crippen molar-refractivity contribution in [2.45, 2.75) is 6.54 Å². The van der Waals surface area contributed by atoms with Gasteiger partial charge in [-0.15, -0.1) is 11.3 Å². The molecule has 2 aromatic carbocycles. The van der Waals surface area contributed by atoms with Crippen LogP contribution in [-0.2, 0) is 6.54 Å². The summed E-state index contributed by atoms with van der Waals surface area (Å²) >= 11 is 1.48. The van der Waals surface area contributed by atoms with Crippen LogP contribution in [-0.4, -0.2) is 11.0 Å². The Balaban J connectivity index is 1.56. The van der Waals surface area contributed by atoms with Crippen LogP contribution >= 0.6 is 11.3 Å². The van der Waals surface area contributed by atoms with E-state index in [1.165, 1.54) is 29.5 Å². The van der Waals surface area contributed by atoms with Gasteiger partial charge in [-0.2, -0.15) is 0 Å². The minimum Gasteiger partial charge on any atom is -0.331 e. The lowest BCUT2D eigenvalue weighted by atomic mass is 10.2. The Bertz CT molecular complexity index is 804. The molecule has 1 heterocycles. The summed E-state index contributed by atoms with van der Waals surface area (Å²) in [5.74, 6) is -0.393. The molecule has 0 radical (unpaired) electrons. The largest absolute Gasteiger partial charge is 0.331 e. The van der Waals surface area contributed by atoms with Crippen molar-refractivity contribution in [3.63, 3.8) is 0 Å². The van der Waals surface area contributed by atoms with Gasteiger partial charge in [0.25, 0.3) is 0 Å². The van der Waals surface area contributed by atoms with Crippen molar-refractivity contribution < 1.29 is 9.18 Å². The maximum atomic E-state index is 13.1. The summed E-state index contributed by atoms with van der Waals surface area (Å²) in [5.41, 5.74) is 2.34. The highest BCUT2D eigenvalue weighted by atomic mass is 32.1. The fraction of sp³-hybridized carbons (Fsp3) is 0.0588. The van der Waals surface area contributed by atoms with Gasteiger partial charge in [0.2, 0.25) is 0 Å². The Hall–Kier alpha value is -2.73. The molecule has 0 atom stereocenters. The van der Waals surface area contributed by atoms with Crippen LogP contribution in [0.15, 0.2) is 60.0 Å². The summed E-state index contributed by atoms with van der Waals surface area (Å²) in [4.78, 5) is 16.3. The topological polar surface area (TPSA) is 54.0 Å². The molecule has 0 aliphatic rings. The first-order valence-electron chi connectivity index (χ1n) is 7.01. The lowest BCUT2D eigenvalue weighted by molar-refractivity contribution is 0.251. The molecule has 3 rings (SSSR count). The number of aromatic nitrogens is 1. The number of nitrogens with zero attached hydrogens (tertiary/aromatic N) is 1. The third-order valence-corrected chi connectivity index (χ3v) is 3.95. The molecule has 0 spiro atoms.